The number of benzene rings is 1. The topological polar surface area (TPSA) is 19.9 Å². The lowest BCUT2D eigenvalue weighted by molar-refractivity contribution is -0.655. The average Bonchev–Trinajstić information content (AvgIpc) is 2.29. The molecule has 2 nitrogen and oxygen atoms in total. The minimum Gasteiger partial charge on any atom is -0.360 e. The maximum Gasteiger partial charge on any atom is 0.418 e. The minimum atomic E-state index is -4.27. The van der Waals surface area contributed by atoms with Crippen LogP contribution in [0.3, 0.4) is 0 Å². The molecule has 0 radical (unpaired) electrons. The summed E-state index contributed by atoms with van der Waals surface area (Å²) in [6.07, 6.45) is -4.27. The maximum atomic E-state index is 12.8. The highest BCUT2D eigenvalue weighted by Crippen LogP contribution is 2.36. The van der Waals surface area contributed by atoms with Gasteiger partial charge in [-0.3, -0.25) is 0 Å². The van der Waals surface area contributed by atoms with E-state index < -0.39 is 11.7 Å². The molecule has 1 heterocycles. The van der Waals surface area contributed by atoms with Crippen LogP contribution in [0.15, 0.2) is 24.3 Å². The van der Waals surface area contributed by atoms with Gasteiger partial charge in [0.2, 0.25) is 0 Å². The molecule has 1 aromatic rings. The summed E-state index contributed by atoms with van der Waals surface area (Å²) in [4.78, 5) is 1.81. The van der Waals surface area contributed by atoms with E-state index in [2.05, 4.69) is 5.32 Å². The van der Waals surface area contributed by atoms with E-state index in [1.165, 1.54) is 6.07 Å². The Morgan fingerprint density at radius 3 is 2.31 bits per heavy atom. The fraction of sp³-hybridized carbons (Fsp3) is 0.455. The summed E-state index contributed by atoms with van der Waals surface area (Å²) in [5.41, 5.74) is -0.222. The lowest BCUT2D eigenvalue weighted by atomic mass is 10.1. The predicted molar refractivity (Wildman–Crippen MR) is 55.3 cm³/mol. The molecule has 0 unspecified atom stereocenters. The zero-order valence-corrected chi connectivity index (χ0v) is 8.80. The van der Waals surface area contributed by atoms with Crippen molar-refractivity contribution in [2.24, 2.45) is 0 Å². The van der Waals surface area contributed by atoms with E-state index in [0.717, 1.165) is 19.2 Å². The molecule has 88 valence electrons. The predicted octanol–water partition coefficient (Wildman–Crippen LogP) is 1.09. The van der Waals surface area contributed by atoms with Crippen molar-refractivity contribution in [1.82, 2.24) is 0 Å². The summed E-state index contributed by atoms with van der Waals surface area (Å²) < 4.78 is 38.3. The summed E-state index contributed by atoms with van der Waals surface area (Å²) in [6.45, 7) is 3.05. The Hall–Kier alpha value is -1.23. The number of hydrogen-bond acceptors (Lipinski definition) is 1. The van der Waals surface area contributed by atoms with Crippen molar-refractivity contribution in [2.75, 3.05) is 31.1 Å². The second-order valence-electron chi connectivity index (χ2n) is 3.87. The molecule has 0 aromatic heterocycles. The van der Waals surface area contributed by atoms with Gasteiger partial charge >= 0.3 is 6.18 Å². The van der Waals surface area contributed by atoms with Crippen LogP contribution in [0.4, 0.5) is 18.9 Å². The van der Waals surface area contributed by atoms with Gasteiger partial charge in [-0.2, -0.15) is 13.2 Å². The molecule has 0 bridgehead atoms. The third-order valence-electron chi connectivity index (χ3n) is 2.76. The number of alkyl halides is 3. The van der Waals surface area contributed by atoms with Gasteiger partial charge in [-0.1, -0.05) is 12.1 Å². The second kappa shape index (κ2) is 4.33. The van der Waals surface area contributed by atoms with Crippen LogP contribution in [-0.2, 0) is 6.18 Å². The Labute approximate surface area is 92.1 Å². The number of rotatable bonds is 1. The van der Waals surface area contributed by atoms with Gasteiger partial charge in [0, 0.05) is 5.69 Å². The van der Waals surface area contributed by atoms with Gasteiger partial charge in [0.15, 0.2) is 0 Å². The van der Waals surface area contributed by atoms with Gasteiger partial charge in [0.25, 0.3) is 0 Å². The number of hydrogen-bond donors (Lipinski definition) is 1. The highest BCUT2D eigenvalue weighted by atomic mass is 19.4. The van der Waals surface area contributed by atoms with Crippen LogP contribution < -0.4 is 10.2 Å². The van der Waals surface area contributed by atoms with Crippen molar-refractivity contribution < 1.29 is 18.5 Å². The summed E-state index contributed by atoms with van der Waals surface area (Å²) >= 11 is 0. The first-order valence-electron chi connectivity index (χ1n) is 5.32. The third kappa shape index (κ3) is 2.29. The largest absolute Gasteiger partial charge is 0.418 e. The molecule has 0 aliphatic carbocycles. The van der Waals surface area contributed by atoms with Crippen molar-refractivity contribution in [1.29, 1.82) is 0 Å². The second-order valence-corrected chi connectivity index (χ2v) is 3.87. The quantitative estimate of drug-likeness (QED) is 0.767. The number of nitrogens with two attached hydrogens (primary N) is 1. The molecule has 0 saturated carbocycles. The standard InChI is InChI=1S/C11H13F3N2/c12-11(13,14)9-3-1-2-4-10(9)16-7-5-15-6-8-16/h1-4,15H,5-8H2/p+1. The fourth-order valence-corrected chi connectivity index (χ4v) is 1.98. The number of piperazine rings is 1. The van der Waals surface area contributed by atoms with Crippen molar-refractivity contribution in [3.63, 3.8) is 0 Å². The van der Waals surface area contributed by atoms with Crippen LogP contribution >= 0.6 is 0 Å². The molecule has 1 aromatic carbocycles. The number of para-hydroxylation sites is 1. The third-order valence-corrected chi connectivity index (χ3v) is 2.76. The van der Waals surface area contributed by atoms with Gasteiger partial charge in [0.05, 0.1) is 31.7 Å². The first-order chi connectivity index (χ1) is 7.59. The molecular weight excluding hydrogens is 217 g/mol. The number of nitrogens with zero attached hydrogens (tertiary/aromatic N) is 1. The van der Waals surface area contributed by atoms with Crippen LogP contribution in [0, 0.1) is 0 Å². The van der Waals surface area contributed by atoms with Crippen LogP contribution in [0.5, 0.6) is 0 Å². The van der Waals surface area contributed by atoms with Gasteiger partial charge in [-0.15, -0.1) is 0 Å². The Morgan fingerprint density at radius 2 is 1.69 bits per heavy atom. The molecule has 0 amide bonds. The van der Waals surface area contributed by atoms with E-state index in [0.29, 0.717) is 18.8 Å². The van der Waals surface area contributed by atoms with Crippen molar-refractivity contribution in [3.8, 4) is 0 Å². The van der Waals surface area contributed by atoms with E-state index in [1.54, 1.807) is 12.1 Å². The smallest absolute Gasteiger partial charge is 0.360 e. The Bertz CT molecular complexity index is 356. The lowest BCUT2D eigenvalue weighted by Gasteiger charge is -2.29. The molecule has 16 heavy (non-hydrogen) atoms. The minimum absolute atomic E-state index is 0.308. The number of halogens is 3. The Morgan fingerprint density at radius 1 is 1.06 bits per heavy atom. The number of anilines is 1. The van der Waals surface area contributed by atoms with E-state index in [4.69, 9.17) is 0 Å². The SMILES string of the molecule is FC(F)(F)c1ccccc1N1CC[NH2+]CC1. The maximum absolute atomic E-state index is 12.8. The van der Waals surface area contributed by atoms with Crippen LogP contribution in [0.1, 0.15) is 5.56 Å². The molecule has 1 saturated heterocycles. The van der Waals surface area contributed by atoms with Crippen LogP contribution in [0.25, 0.3) is 0 Å². The zero-order valence-electron chi connectivity index (χ0n) is 8.80. The highest BCUT2D eigenvalue weighted by Gasteiger charge is 2.34. The molecule has 0 spiro atoms. The first-order valence-corrected chi connectivity index (χ1v) is 5.32. The van der Waals surface area contributed by atoms with Crippen LogP contribution in [-0.4, -0.2) is 26.2 Å². The first kappa shape index (κ1) is 11.3. The molecule has 1 aliphatic rings. The van der Waals surface area contributed by atoms with Gasteiger partial charge in [0.1, 0.15) is 0 Å². The van der Waals surface area contributed by atoms with E-state index >= 15 is 0 Å². The zero-order chi connectivity index (χ0) is 11.6. The Balaban J connectivity index is 2.32. The van der Waals surface area contributed by atoms with E-state index in [-0.39, 0.29) is 0 Å². The Kier molecular flexibility index (Phi) is 3.05. The molecule has 2 N–H and O–H groups in total. The van der Waals surface area contributed by atoms with Gasteiger partial charge in [-0.05, 0) is 12.1 Å². The molecule has 1 aliphatic heterocycles. The molecule has 1 fully saturated rings. The van der Waals surface area contributed by atoms with Crippen molar-refractivity contribution in [2.45, 2.75) is 6.18 Å². The van der Waals surface area contributed by atoms with E-state index in [1.807, 2.05) is 4.90 Å². The summed E-state index contributed by atoms with van der Waals surface area (Å²) in [6, 6.07) is 5.78. The monoisotopic (exact) mass is 231 g/mol. The lowest BCUT2D eigenvalue weighted by Crippen LogP contribution is -2.89. The van der Waals surface area contributed by atoms with Gasteiger partial charge in [-0.25, -0.2) is 0 Å². The summed E-state index contributed by atoms with van der Waals surface area (Å²) in [5.74, 6) is 0. The van der Waals surface area contributed by atoms with Crippen LogP contribution in [0.2, 0.25) is 0 Å². The average molecular weight is 231 g/mol. The molecule has 0 atom stereocenters. The highest BCUT2D eigenvalue weighted by molar-refractivity contribution is 5.55. The summed E-state index contributed by atoms with van der Waals surface area (Å²) in [5, 5.41) is 2.12. The normalized spacial score (nSPS) is 17.6. The molecule has 5 heteroatoms. The van der Waals surface area contributed by atoms with Crippen molar-refractivity contribution in [3.05, 3.63) is 29.8 Å². The van der Waals surface area contributed by atoms with Gasteiger partial charge < -0.3 is 10.2 Å². The fourth-order valence-electron chi connectivity index (χ4n) is 1.98. The molecule has 2 rings (SSSR count). The summed E-state index contributed by atoms with van der Waals surface area (Å²) in [7, 11) is 0. The number of quaternary nitrogens is 1. The van der Waals surface area contributed by atoms with Crippen molar-refractivity contribution >= 4 is 5.69 Å². The molecular formula is C11H14F3N2+. The van der Waals surface area contributed by atoms with E-state index in [9.17, 15) is 13.2 Å².